The first-order valence-corrected chi connectivity index (χ1v) is 11.1. The Morgan fingerprint density at radius 3 is 1.97 bits per heavy atom. The Kier molecular flexibility index (Phi) is 11.7. The summed E-state index contributed by atoms with van der Waals surface area (Å²) in [5.74, 6) is -3.86. The number of aliphatic hydroxyl groups is 1. The van der Waals surface area contributed by atoms with Crippen LogP contribution >= 0.6 is 12.6 Å². The first kappa shape index (κ1) is 28.2. The van der Waals surface area contributed by atoms with Gasteiger partial charge in [-0.1, -0.05) is 32.4 Å². The number of carboxylic acid groups (broad SMARTS) is 1. The lowest BCUT2D eigenvalue weighted by atomic mass is 9.99. The number of amides is 3. The van der Waals surface area contributed by atoms with E-state index in [0.29, 0.717) is 12.0 Å². The summed E-state index contributed by atoms with van der Waals surface area (Å²) >= 11 is 4.03. The van der Waals surface area contributed by atoms with E-state index in [-0.39, 0.29) is 23.8 Å². The lowest BCUT2D eigenvalue weighted by Gasteiger charge is -2.24. The van der Waals surface area contributed by atoms with Gasteiger partial charge in [0.1, 0.15) is 23.9 Å². The van der Waals surface area contributed by atoms with Crippen LogP contribution < -0.4 is 21.7 Å². The molecule has 33 heavy (non-hydrogen) atoms. The molecule has 3 amide bonds. The summed E-state index contributed by atoms with van der Waals surface area (Å²) in [5, 5.41) is 35.3. The maximum atomic E-state index is 12.6. The molecular formula is C21H32N4O7S. The standard InChI is InChI=1S/C21H32N4O7S/c1-3-11(2)17(22)20(30)24-15(9-26)18(28)25-16(10-33)19(29)23-14(21(31)32)8-12-4-6-13(27)7-5-12/h4-7,11,14-17,26-27,33H,3,8-10,22H2,1-2H3,(H,23,29)(H,24,30)(H,25,28)(H,31,32). The normalized spacial score (nSPS) is 15.4. The fourth-order valence-electron chi connectivity index (χ4n) is 2.78. The van der Waals surface area contributed by atoms with Crippen LogP contribution in [0.15, 0.2) is 24.3 Å². The summed E-state index contributed by atoms with van der Waals surface area (Å²) in [5.41, 5.74) is 6.40. The highest BCUT2D eigenvalue weighted by atomic mass is 32.1. The Morgan fingerprint density at radius 1 is 0.970 bits per heavy atom. The predicted octanol–water partition coefficient (Wildman–Crippen LogP) is -1.23. The summed E-state index contributed by atoms with van der Waals surface area (Å²) in [4.78, 5) is 48.9. The lowest BCUT2D eigenvalue weighted by Crippen LogP contribution is -2.59. The molecule has 0 saturated heterocycles. The zero-order valence-electron chi connectivity index (χ0n) is 18.5. The monoisotopic (exact) mass is 484 g/mol. The second kappa shape index (κ2) is 13.7. The number of aromatic hydroxyl groups is 1. The van der Waals surface area contributed by atoms with Crippen LogP contribution in [0.1, 0.15) is 25.8 Å². The molecule has 5 unspecified atom stereocenters. The quantitative estimate of drug-likeness (QED) is 0.160. The number of thiol groups is 1. The largest absolute Gasteiger partial charge is 0.508 e. The van der Waals surface area contributed by atoms with Crippen molar-refractivity contribution in [1.29, 1.82) is 0 Å². The molecule has 0 radical (unpaired) electrons. The Bertz CT molecular complexity index is 821. The van der Waals surface area contributed by atoms with Crippen molar-refractivity contribution in [2.24, 2.45) is 11.7 Å². The molecule has 1 aromatic carbocycles. The lowest BCUT2D eigenvalue weighted by molar-refractivity contribution is -0.142. The van der Waals surface area contributed by atoms with Gasteiger partial charge >= 0.3 is 5.97 Å². The number of nitrogens with one attached hydrogen (secondary N) is 3. The first-order valence-electron chi connectivity index (χ1n) is 10.4. The number of rotatable bonds is 13. The summed E-state index contributed by atoms with van der Waals surface area (Å²) in [6.07, 6.45) is 0.582. The molecule has 0 fully saturated rings. The van der Waals surface area contributed by atoms with Gasteiger partial charge in [0.15, 0.2) is 0 Å². The molecule has 11 nitrogen and oxygen atoms in total. The minimum atomic E-state index is -1.35. The highest BCUT2D eigenvalue weighted by Gasteiger charge is 2.30. The SMILES string of the molecule is CCC(C)C(N)C(=O)NC(CO)C(=O)NC(CS)C(=O)NC(Cc1ccc(O)cc1)C(=O)O. The van der Waals surface area contributed by atoms with Crippen LogP contribution in [0.4, 0.5) is 0 Å². The third-order valence-corrected chi connectivity index (χ3v) is 5.55. The minimum Gasteiger partial charge on any atom is -0.508 e. The third kappa shape index (κ3) is 8.91. The van der Waals surface area contributed by atoms with Crippen molar-refractivity contribution in [2.45, 2.75) is 50.9 Å². The van der Waals surface area contributed by atoms with Crippen LogP contribution in [0, 0.1) is 5.92 Å². The van der Waals surface area contributed by atoms with E-state index in [1.807, 2.05) is 6.92 Å². The number of carbonyl (C=O) groups is 4. The Hall–Kier alpha value is -2.83. The number of carboxylic acids is 1. The molecule has 0 aromatic heterocycles. The van der Waals surface area contributed by atoms with Crippen molar-refractivity contribution in [3.05, 3.63) is 29.8 Å². The van der Waals surface area contributed by atoms with E-state index >= 15 is 0 Å². The molecule has 1 rings (SSSR count). The number of benzene rings is 1. The number of aliphatic hydroxyl groups excluding tert-OH is 1. The van der Waals surface area contributed by atoms with Gasteiger partial charge in [-0.15, -0.1) is 0 Å². The highest BCUT2D eigenvalue weighted by Crippen LogP contribution is 2.12. The van der Waals surface area contributed by atoms with Gasteiger partial charge in [-0.2, -0.15) is 12.6 Å². The van der Waals surface area contributed by atoms with Crippen LogP contribution in [0.2, 0.25) is 0 Å². The third-order valence-electron chi connectivity index (χ3n) is 5.18. The number of nitrogens with two attached hydrogens (primary N) is 1. The zero-order chi connectivity index (χ0) is 25.1. The fourth-order valence-corrected chi connectivity index (χ4v) is 3.04. The zero-order valence-corrected chi connectivity index (χ0v) is 19.4. The van der Waals surface area contributed by atoms with Crippen LogP contribution in [-0.4, -0.2) is 75.5 Å². The number of aliphatic carboxylic acids is 1. The summed E-state index contributed by atoms with van der Waals surface area (Å²) in [6, 6.07) is 1.07. The van der Waals surface area contributed by atoms with E-state index in [2.05, 4.69) is 28.6 Å². The van der Waals surface area contributed by atoms with Crippen molar-refractivity contribution < 1.29 is 34.5 Å². The van der Waals surface area contributed by atoms with Crippen molar-refractivity contribution in [1.82, 2.24) is 16.0 Å². The van der Waals surface area contributed by atoms with Gasteiger partial charge in [0.25, 0.3) is 0 Å². The molecular weight excluding hydrogens is 452 g/mol. The highest BCUT2D eigenvalue weighted by molar-refractivity contribution is 7.80. The van der Waals surface area contributed by atoms with E-state index in [1.165, 1.54) is 24.3 Å². The van der Waals surface area contributed by atoms with Crippen LogP contribution in [-0.2, 0) is 25.6 Å². The molecule has 0 heterocycles. The maximum Gasteiger partial charge on any atom is 0.326 e. The van der Waals surface area contributed by atoms with Gasteiger partial charge in [0.05, 0.1) is 12.6 Å². The topological polar surface area (TPSA) is 191 Å². The van der Waals surface area contributed by atoms with E-state index < -0.39 is 54.5 Å². The Balaban J connectivity index is 2.79. The smallest absolute Gasteiger partial charge is 0.326 e. The van der Waals surface area contributed by atoms with Crippen molar-refractivity contribution in [3.63, 3.8) is 0 Å². The second-order valence-corrected chi connectivity index (χ2v) is 8.03. The Morgan fingerprint density at radius 2 is 1.48 bits per heavy atom. The number of phenolic OH excluding ortho intramolecular Hbond substituents is 1. The van der Waals surface area contributed by atoms with Gasteiger partial charge in [0, 0.05) is 12.2 Å². The van der Waals surface area contributed by atoms with Gasteiger partial charge in [0.2, 0.25) is 17.7 Å². The molecule has 5 atom stereocenters. The fraction of sp³-hybridized carbons (Fsp3) is 0.524. The molecule has 0 spiro atoms. The molecule has 184 valence electrons. The number of hydrogen-bond donors (Lipinski definition) is 8. The summed E-state index contributed by atoms with van der Waals surface area (Å²) in [6.45, 7) is 2.90. The molecule has 1 aromatic rings. The van der Waals surface area contributed by atoms with Crippen molar-refractivity contribution >= 4 is 36.3 Å². The molecule has 0 bridgehead atoms. The maximum absolute atomic E-state index is 12.6. The van der Waals surface area contributed by atoms with Crippen LogP contribution in [0.3, 0.4) is 0 Å². The number of hydrogen-bond acceptors (Lipinski definition) is 8. The van der Waals surface area contributed by atoms with E-state index in [0.717, 1.165) is 0 Å². The van der Waals surface area contributed by atoms with Crippen LogP contribution in [0.25, 0.3) is 0 Å². The molecule has 0 aliphatic rings. The van der Waals surface area contributed by atoms with E-state index in [4.69, 9.17) is 5.73 Å². The number of phenols is 1. The second-order valence-electron chi connectivity index (χ2n) is 7.67. The first-order chi connectivity index (χ1) is 15.5. The molecule has 0 saturated carbocycles. The number of carbonyl (C=O) groups excluding carboxylic acids is 3. The molecule has 0 aliphatic heterocycles. The van der Waals surface area contributed by atoms with E-state index in [9.17, 15) is 34.5 Å². The minimum absolute atomic E-state index is 0.0168. The van der Waals surface area contributed by atoms with Crippen molar-refractivity contribution in [3.8, 4) is 5.75 Å². The van der Waals surface area contributed by atoms with Crippen molar-refractivity contribution in [2.75, 3.05) is 12.4 Å². The molecule has 0 aliphatic carbocycles. The summed E-state index contributed by atoms with van der Waals surface area (Å²) < 4.78 is 0. The Labute approximate surface area is 197 Å². The molecule has 8 N–H and O–H groups in total. The van der Waals surface area contributed by atoms with Gasteiger partial charge < -0.3 is 37.0 Å². The van der Waals surface area contributed by atoms with Gasteiger partial charge in [-0.25, -0.2) is 4.79 Å². The molecule has 12 heteroatoms. The summed E-state index contributed by atoms with van der Waals surface area (Å²) in [7, 11) is 0. The average Bonchev–Trinajstić information content (AvgIpc) is 2.80. The predicted molar refractivity (Wildman–Crippen MR) is 124 cm³/mol. The van der Waals surface area contributed by atoms with E-state index in [1.54, 1.807) is 6.92 Å². The van der Waals surface area contributed by atoms with Gasteiger partial charge in [-0.3, -0.25) is 14.4 Å². The van der Waals surface area contributed by atoms with Crippen LogP contribution in [0.5, 0.6) is 5.75 Å². The average molecular weight is 485 g/mol. The van der Waals surface area contributed by atoms with Gasteiger partial charge in [-0.05, 0) is 23.6 Å².